The van der Waals surface area contributed by atoms with Gasteiger partial charge in [0.15, 0.2) is 0 Å². The number of aliphatic carboxylic acids is 1. The van der Waals surface area contributed by atoms with Crippen molar-refractivity contribution in [3.63, 3.8) is 0 Å². The molecule has 0 aliphatic heterocycles. The van der Waals surface area contributed by atoms with Crippen LogP contribution in [-0.2, 0) is 27.9 Å². The largest absolute Gasteiger partial charge is 0.265 e. The van der Waals surface area contributed by atoms with E-state index >= 15 is 0 Å². The van der Waals surface area contributed by atoms with Crippen molar-refractivity contribution in [1.29, 1.82) is 0 Å². The van der Waals surface area contributed by atoms with Crippen LogP contribution in [0.1, 0.15) is 6.92 Å². The topological polar surface area (TPSA) is 67.3 Å². The molecule has 0 saturated heterocycles. The van der Waals surface area contributed by atoms with Crippen LogP contribution in [0.3, 0.4) is 0 Å². The van der Waals surface area contributed by atoms with Gasteiger partial charge in [0.1, 0.15) is 0 Å². The van der Waals surface area contributed by atoms with Gasteiger partial charge in [0.25, 0.3) is 5.97 Å². The fraction of sp³-hybridized carbons (Fsp3) is 0.125. The van der Waals surface area contributed by atoms with Crippen LogP contribution >= 0.6 is 0 Å². The number of nitrogens with zero attached hydrogens (tertiary/aromatic N) is 1. The monoisotopic (exact) mass is 232 g/mol. The molecule has 67 valence electrons. The zero-order chi connectivity index (χ0) is 10.5. The van der Waals surface area contributed by atoms with Crippen molar-refractivity contribution < 1.29 is 33.0 Å². The maximum absolute atomic E-state index is 9.00. The van der Waals surface area contributed by atoms with E-state index in [-0.39, 0.29) is 0 Å². The predicted molar refractivity (Wildman–Crippen MR) is 44.3 cm³/mol. The Labute approximate surface area is 86.7 Å². The van der Waals surface area contributed by atoms with Crippen molar-refractivity contribution in [1.82, 2.24) is 4.98 Å². The summed E-state index contributed by atoms with van der Waals surface area (Å²) in [4.78, 5) is 22.5. The second kappa shape index (κ2) is 13.5. The molecule has 0 saturated carbocycles. The fourth-order valence-corrected chi connectivity index (χ4v) is 0.313. The summed E-state index contributed by atoms with van der Waals surface area (Å²) >= 11 is 0.764. The van der Waals surface area contributed by atoms with E-state index in [0.29, 0.717) is 0 Å². The summed E-state index contributed by atoms with van der Waals surface area (Å²) in [6, 6.07) is 5.72. The summed E-state index contributed by atoms with van der Waals surface area (Å²) in [7, 11) is 0. The molecule has 0 aliphatic rings. The molecule has 1 heterocycles. The van der Waals surface area contributed by atoms with Crippen LogP contribution in [0.15, 0.2) is 30.6 Å². The number of hydrogen-bond acceptors (Lipinski definition) is 3. The second-order valence-corrected chi connectivity index (χ2v) is 2.41. The van der Waals surface area contributed by atoms with E-state index in [0.717, 1.165) is 30.1 Å². The number of carboxylic acids is 1. The molecule has 0 atom stereocenters. The van der Waals surface area contributed by atoms with Gasteiger partial charge in [0, 0.05) is 19.3 Å². The van der Waals surface area contributed by atoms with Gasteiger partial charge in [-0.25, -0.2) is 0 Å². The van der Waals surface area contributed by atoms with E-state index < -0.39 is 5.97 Å². The third-order valence-electron chi connectivity index (χ3n) is 0.566. The first kappa shape index (κ1) is 14.4. The number of rotatable bonds is 0. The van der Waals surface area contributed by atoms with E-state index in [9.17, 15) is 0 Å². The smallest absolute Gasteiger partial charge is 0.0267 e. The van der Waals surface area contributed by atoms with Crippen LogP contribution in [0.4, 0.5) is 0 Å². The molecule has 0 bridgehead atoms. The Hall–Kier alpha value is -1.09. The minimum Gasteiger partial charge on any atom is -0.265 e. The molecule has 1 N–H and O–H groups in total. The predicted octanol–water partition coefficient (Wildman–Crippen LogP) is 0.896. The molecule has 1 aromatic rings. The van der Waals surface area contributed by atoms with Gasteiger partial charge in [-0.3, -0.25) is 9.78 Å². The third-order valence-corrected chi connectivity index (χ3v) is 0.566. The maximum atomic E-state index is 9.00. The van der Waals surface area contributed by atoms with Crippen molar-refractivity contribution in [2.24, 2.45) is 0 Å². The van der Waals surface area contributed by atoms with Crippen LogP contribution in [0.25, 0.3) is 0 Å². The Balaban J connectivity index is 0. The third kappa shape index (κ3) is 35.9. The van der Waals surface area contributed by atoms with Crippen molar-refractivity contribution in [3.8, 4) is 0 Å². The molecule has 0 amide bonds. The average molecular weight is 234 g/mol. The Bertz CT molecular complexity index is 185. The first-order valence-corrected chi connectivity index (χ1v) is 5.13. The summed E-state index contributed by atoms with van der Waals surface area (Å²) in [5.41, 5.74) is 0. The van der Waals surface area contributed by atoms with Crippen molar-refractivity contribution in [3.05, 3.63) is 30.6 Å². The molecular weight excluding hydrogens is 223 g/mol. The summed E-state index contributed by atoms with van der Waals surface area (Å²) < 4.78 is 0. The molecule has 5 heteroatoms. The van der Waals surface area contributed by atoms with Gasteiger partial charge >= 0.3 is 28.0 Å². The SMILES string of the molecule is CC(=O)O.O=[CH][Zn].c1ccncc1. The van der Waals surface area contributed by atoms with Gasteiger partial charge in [-0.15, -0.1) is 0 Å². The Kier molecular flexibility index (Phi) is 15.0. The van der Waals surface area contributed by atoms with Crippen LogP contribution in [-0.4, -0.2) is 20.9 Å². The van der Waals surface area contributed by atoms with Crippen molar-refractivity contribution in [2.45, 2.75) is 6.92 Å². The minimum absolute atomic E-state index is 0.764. The molecule has 0 unspecified atom stereocenters. The van der Waals surface area contributed by atoms with Crippen molar-refractivity contribution in [2.75, 3.05) is 0 Å². The Morgan fingerprint density at radius 1 is 1.38 bits per heavy atom. The Morgan fingerprint density at radius 3 is 1.77 bits per heavy atom. The molecule has 0 aromatic carbocycles. The number of aromatic nitrogens is 1. The number of carbonyl (C=O) groups is 2. The van der Waals surface area contributed by atoms with Gasteiger partial charge in [0.2, 0.25) is 0 Å². The zero-order valence-electron chi connectivity index (χ0n) is 7.38. The molecule has 4 nitrogen and oxygen atoms in total. The van der Waals surface area contributed by atoms with Gasteiger partial charge in [-0.2, -0.15) is 0 Å². The molecule has 1 rings (SSSR count). The van der Waals surface area contributed by atoms with Gasteiger partial charge in [-0.1, -0.05) is 6.07 Å². The molecule has 13 heavy (non-hydrogen) atoms. The normalized spacial score (nSPS) is 6.69. The molecule has 0 fully saturated rings. The number of pyridine rings is 1. The molecule has 0 radical (unpaired) electrons. The molecule has 1 aromatic heterocycles. The van der Waals surface area contributed by atoms with Crippen LogP contribution < -0.4 is 0 Å². The standard InChI is InChI=1S/C5H5N.C2H4O2.CHO.Zn/c1-2-4-6-5-3-1;1-2(3)4;1-2;/h1-5H;1H3,(H,3,4);1H;. The van der Waals surface area contributed by atoms with Crippen LogP contribution in [0.5, 0.6) is 0 Å². The van der Waals surface area contributed by atoms with E-state index in [2.05, 4.69) is 4.98 Å². The van der Waals surface area contributed by atoms with Crippen molar-refractivity contribution >= 4 is 10.8 Å². The van der Waals surface area contributed by atoms with Gasteiger partial charge in [-0.05, 0) is 12.1 Å². The summed E-state index contributed by atoms with van der Waals surface area (Å²) in [6.07, 6.45) is 3.50. The molecule has 0 spiro atoms. The molecule has 0 aliphatic carbocycles. The summed E-state index contributed by atoms with van der Waals surface area (Å²) in [6.45, 7) is 1.08. The summed E-state index contributed by atoms with van der Waals surface area (Å²) in [5.74, 6) is -0.833. The number of hydrogen-bond donors (Lipinski definition) is 1. The minimum atomic E-state index is -0.833. The first-order chi connectivity index (χ1) is 6.15. The maximum Gasteiger partial charge on any atom is 0.0267 e. The fourth-order valence-electron chi connectivity index (χ4n) is 0.313. The van der Waals surface area contributed by atoms with E-state index in [1.54, 1.807) is 12.4 Å². The second-order valence-electron chi connectivity index (χ2n) is 1.71. The summed E-state index contributed by atoms with van der Waals surface area (Å²) in [5, 5.41) is 7.42. The van der Waals surface area contributed by atoms with Crippen LogP contribution in [0.2, 0.25) is 0 Å². The van der Waals surface area contributed by atoms with Crippen LogP contribution in [0, 0.1) is 0 Å². The number of carboxylic acid groups (broad SMARTS) is 1. The molecular formula is C8H10NO3Zn. The average Bonchev–Trinajstić information content (AvgIpc) is 2.08. The quantitative estimate of drug-likeness (QED) is 0.534. The van der Waals surface area contributed by atoms with Gasteiger partial charge in [0.05, 0.1) is 0 Å². The van der Waals surface area contributed by atoms with E-state index in [4.69, 9.17) is 14.7 Å². The number of carbonyl (C=O) groups excluding carboxylic acids is 1. The van der Waals surface area contributed by atoms with Gasteiger partial charge < -0.3 is 5.11 Å². The zero-order valence-corrected chi connectivity index (χ0v) is 10.3. The first-order valence-electron chi connectivity index (χ1n) is 3.42. The van der Waals surface area contributed by atoms with E-state index in [1.165, 1.54) is 0 Å². The van der Waals surface area contributed by atoms with E-state index in [1.807, 2.05) is 18.2 Å². The Morgan fingerprint density at radius 2 is 1.69 bits per heavy atom.